The number of hydrogen-bond acceptors (Lipinski definition) is 23. The van der Waals surface area contributed by atoms with Crippen molar-refractivity contribution in [3.63, 3.8) is 0 Å². The molecule has 0 bridgehead atoms. The van der Waals surface area contributed by atoms with Gasteiger partial charge in [-0.1, -0.05) is 181 Å². The SMILES string of the molecule is C1=CCNC1.CC(C)(C)OC(=O)N1CC=CC1.Cc1ccc(S(=O)(=O)N2CC(=O)C(Br)C2)cc1.Cc1ccc(S(=O)(=O)N2CC(O)C(Br)C2)cc1.Cc1ccc(S(=O)(=O)N2CC3SC(c4ccc(F)cc4)=NC3(O)C2)cc1.Cc1ccc(S(=O)(=O)N2CC=CC2)cc1.Cc1ccc(S(=O)(=O)N2Cc3nc(-c4ccc(F)cc4)sc3C2)cc1.NC(=S)c1ccc(F)cc1.[2H]CF.[B]=NS. The summed E-state index contributed by atoms with van der Waals surface area (Å²) in [7, 11) is -14.2. The number of thiocarbonyl (C=S) groups is 1. The van der Waals surface area contributed by atoms with Crippen molar-refractivity contribution in [2.45, 2.75) is 125 Å². The van der Waals surface area contributed by atoms with E-state index in [-0.39, 0.29) is 104 Å². The maximum atomic E-state index is 13.1. The fourth-order valence-corrected chi connectivity index (χ4v) is 24.0. The summed E-state index contributed by atoms with van der Waals surface area (Å²) in [6.07, 6.45) is 11.0. The predicted molar refractivity (Wildman–Crippen MR) is 525 cm³/mol. The summed E-state index contributed by atoms with van der Waals surface area (Å²) in [6, 6.07) is 51.6. The molecule has 9 heterocycles. The second-order valence-corrected chi connectivity index (χ2v) is 46.3. The zero-order valence-corrected chi connectivity index (χ0v) is 83.8. The van der Waals surface area contributed by atoms with E-state index in [1.54, 1.807) is 150 Å². The van der Waals surface area contributed by atoms with Crippen LogP contribution in [0.1, 0.15) is 71.7 Å². The van der Waals surface area contributed by atoms with Gasteiger partial charge in [0.25, 0.3) is 0 Å². The minimum atomic E-state index is -3.68. The van der Waals surface area contributed by atoms with Crippen molar-refractivity contribution in [3.8, 4) is 10.6 Å². The predicted octanol–water partition coefficient (Wildman–Crippen LogP) is 14.5. The van der Waals surface area contributed by atoms with Gasteiger partial charge in [-0.2, -0.15) is 21.5 Å². The van der Waals surface area contributed by atoms with Crippen LogP contribution < -0.4 is 11.1 Å². The third kappa shape index (κ3) is 30.9. The third-order valence-electron chi connectivity index (χ3n) is 20.0. The molecule has 132 heavy (non-hydrogen) atoms. The zero-order valence-electron chi connectivity index (χ0n) is 74.2. The first kappa shape index (κ1) is 107. The van der Waals surface area contributed by atoms with Gasteiger partial charge in [0.2, 0.25) is 50.1 Å². The topological polar surface area (TPSA) is 350 Å². The van der Waals surface area contributed by atoms with E-state index in [1.807, 2.05) is 91.8 Å². The number of β-amino-alcohol motifs (C(OH)–C–C–N with tert-alkyl or cyclic N) is 2. The number of amides is 1. The summed E-state index contributed by atoms with van der Waals surface area (Å²) in [5.41, 5.74) is 11.5. The van der Waals surface area contributed by atoms with Crippen LogP contribution in [0, 0.1) is 52.1 Å². The molecule has 26 nitrogen and oxygen atoms in total. The molecule has 0 saturated carbocycles. The zero-order chi connectivity index (χ0) is 98.0. The molecule has 1 amide bonds. The first-order valence-electron chi connectivity index (χ1n) is 41.3. The van der Waals surface area contributed by atoms with E-state index < -0.39 is 69.1 Å². The Labute approximate surface area is 809 Å². The van der Waals surface area contributed by atoms with Gasteiger partial charge in [0.15, 0.2) is 11.5 Å². The average Bonchev–Trinajstić information content (AvgIpc) is 1.59. The number of nitrogens with two attached hydrogens (primary N) is 1. The Balaban J connectivity index is 0.000000191. The maximum absolute atomic E-state index is 13.1. The molecule has 8 aliphatic rings. The van der Waals surface area contributed by atoms with Crippen LogP contribution in [0.25, 0.3) is 10.6 Å². The number of thiol groups is 1. The van der Waals surface area contributed by atoms with Crippen molar-refractivity contribution >= 4 is 160 Å². The Morgan fingerprint density at radius 3 is 1.30 bits per heavy atom. The van der Waals surface area contributed by atoms with Crippen LogP contribution in [-0.2, 0) is 72.7 Å². The van der Waals surface area contributed by atoms with E-state index in [9.17, 15) is 79.5 Å². The number of Topliss-reactive ketones (excluding diaryl/α,β-unsaturated/α-hetero) is 1. The van der Waals surface area contributed by atoms with Gasteiger partial charge in [-0.3, -0.25) is 9.18 Å². The summed E-state index contributed by atoms with van der Waals surface area (Å²) in [4.78, 5) is 35.3. The summed E-state index contributed by atoms with van der Waals surface area (Å²) < 4.78 is 193. The van der Waals surface area contributed by atoms with E-state index in [0.29, 0.717) is 70.2 Å². The Bertz CT molecular complexity index is 6120. The monoisotopic (exact) mass is 2110 g/mol. The molecule has 3 saturated heterocycles. The molecule has 8 aliphatic heterocycles. The number of carbonyl (C=O) groups is 2. The number of thioether (sulfide) groups is 1. The van der Waals surface area contributed by atoms with Gasteiger partial charge in [-0.15, -0.1) is 11.3 Å². The number of halogens is 6. The van der Waals surface area contributed by atoms with Gasteiger partial charge >= 0.3 is 30.8 Å². The number of nitrogens with zero attached hydrogens (tertiary/aromatic N) is 9. The van der Waals surface area contributed by atoms with Gasteiger partial charge in [-0.05, 0) is 189 Å². The number of alkyl halides is 3. The Kier molecular flexibility index (Phi) is 40.3. The number of aliphatic imine (C=N–C) groups is 1. The molecule has 707 valence electrons. The van der Waals surface area contributed by atoms with E-state index in [2.05, 4.69) is 96.3 Å². The number of fused-ring (bicyclic) bond motifs is 2. The summed E-state index contributed by atoms with van der Waals surface area (Å²) >= 11 is 17.1. The van der Waals surface area contributed by atoms with E-state index in [0.717, 1.165) is 62.0 Å². The molecule has 8 aromatic carbocycles. The molecule has 1 aromatic heterocycles. The van der Waals surface area contributed by atoms with Crippen molar-refractivity contribution in [2.75, 3.05) is 85.7 Å². The Hall–Kier alpha value is -8.22. The Morgan fingerprint density at radius 2 is 0.947 bits per heavy atom. The van der Waals surface area contributed by atoms with Crippen LogP contribution in [0.2, 0.25) is 0 Å². The van der Waals surface area contributed by atoms with Crippen LogP contribution in [0.4, 0.5) is 22.4 Å². The summed E-state index contributed by atoms with van der Waals surface area (Å²) in [5, 5.41) is 24.5. The van der Waals surface area contributed by atoms with Gasteiger partial charge < -0.3 is 30.9 Å². The number of hydrogen-bond donors (Lipinski definition) is 5. The minimum absolute atomic E-state index is 0.0495. The molecule has 1 radical (unpaired) electrons. The van der Waals surface area contributed by atoms with Gasteiger partial charge in [0.05, 0.1) is 85.9 Å². The fourth-order valence-electron chi connectivity index (χ4n) is 12.8. The standard InChI is InChI=1S/C18H17FN2O3S2.C18H15FN2O2S2.C11H14BrNO3S.C11H12BrNO3S.C11H13NO2S.C9H15NO2.C7H6FNS.C4H7N.CH3F.BHNS/c1-12-2-8-15(9-3-12)26(23,24)21-10-16-18(22,11-21)20-17(25-16)13-4-6-14(19)7-5-13;1-12-2-8-15(9-3-12)25(22,23)21-10-16-17(11-21)24-18(20-16)13-4-6-14(19)7-5-13;2*1-8-2-4-9(5-3-8)17(15,16)13-6-10(12)11(14)7-13;1-10-4-6-11(7-5-10)15(13,14)12-8-2-3-9-12;1-9(2,3)12-8(11)10-6-4-5-7-10;8-6-3-1-5(2-4-6)7(9)10;1-2-4-5-3-1;1-2;1-2-3/h2-9,16,22H,10-11H2,1H3;2-9H,10-11H2,1H3;2-5,10-11,14H,6-7H2,1H3;2-5,10H,6-7H2,1H3;2-7H,8-9H2,1H3;4-5H,6-7H2,1-3H3;1-4H,(H2,9,10);1-2,5H,3-4H2;1H3;3H/i;;;;;;;;1D;. The number of nitrogens with one attached hydrogen (secondary N) is 1. The number of aliphatic hydroxyl groups is 2. The molecule has 42 heteroatoms. The molecule has 5 N–H and O–H groups in total. The first-order valence-corrected chi connectivity index (χ1v) is 52.1. The molecule has 0 aliphatic carbocycles. The molecular weight excluding hydrogens is 2010 g/mol. The first-order chi connectivity index (χ1) is 62.6. The second-order valence-electron chi connectivity index (χ2n) is 31.3. The number of aryl methyl sites for hydroxylation is 5. The third-order valence-corrected chi connectivity index (χ3v) is 33.6. The number of ketones is 1. The molecule has 9 aromatic rings. The molecule has 0 spiro atoms. The number of aliphatic hydroxyl groups excluding tert-OH is 1. The number of aromatic nitrogens is 1. The molecule has 3 fully saturated rings. The van der Waals surface area contributed by atoms with E-state index in [4.69, 9.17) is 11.8 Å². The quantitative estimate of drug-likeness (QED) is 0.0179. The van der Waals surface area contributed by atoms with Gasteiger partial charge in [0, 0.05) is 87.0 Å². The van der Waals surface area contributed by atoms with Crippen LogP contribution in [0.15, 0.2) is 264 Å². The number of ether oxygens (including phenoxy) is 1. The normalized spacial score (nSPS) is 19.3. The van der Waals surface area contributed by atoms with Crippen molar-refractivity contribution < 1.29 is 85.6 Å². The van der Waals surface area contributed by atoms with Crippen LogP contribution >= 0.6 is 80.0 Å². The molecule has 5 unspecified atom stereocenters. The molecular formula is C90H103BBr2F4N11O15S9. The average molecular weight is 2120 g/mol. The van der Waals surface area contributed by atoms with Crippen molar-refractivity contribution in [1.82, 2.24) is 36.7 Å². The van der Waals surface area contributed by atoms with E-state index in [1.165, 1.54) is 81.0 Å². The fraction of sp³-hybridized carbons (Fsp3) is 0.322. The van der Waals surface area contributed by atoms with Crippen LogP contribution in [-0.4, -0.2) is 231 Å². The van der Waals surface area contributed by atoms with Crippen LogP contribution in [0.3, 0.4) is 0 Å². The number of rotatable bonds is 13. The van der Waals surface area contributed by atoms with Crippen molar-refractivity contribution in [1.29, 1.82) is 0 Å². The van der Waals surface area contributed by atoms with Crippen molar-refractivity contribution in [2.24, 2.45) is 15.0 Å². The Morgan fingerprint density at radius 1 is 0.568 bits per heavy atom. The van der Waals surface area contributed by atoms with Crippen LogP contribution in [0.5, 0.6) is 0 Å². The molecule has 5 atom stereocenters. The number of sulfonamides is 5. The van der Waals surface area contributed by atoms with Gasteiger partial charge in [-0.25, -0.2) is 70.0 Å². The summed E-state index contributed by atoms with van der Waals surface area (Å²) in [5.74, 6) is -1.00. The number of thiazole rings is 1. The second kappa shape index (κ2) is 49.5. The number of carbonyl (C=O) groups excluding carboxylic acids is 2. The summed E-state index contributed by atoms with van der Waals surface area (Å²) in [6.45, 7) is 20.9. The van der Waals surface area contributed by atoms with E-state index >= 15 is 0 Å². The van der Waals surface area contributed by atoms with Gasteiger partial charge in [0.1, 0.15) is 38.1 Å². The van der Waals surface area contributed by atoms with Crippen molar-refractivity contribution in [3.05, 3.63) is 298 Å². The molecule has 17 rings (SSSR count). The number of benzene rings is 8.